The van der Waals surface area contributed by atoms with Crippen LogP contribution in [0.5, 0.6) is 0 Å². The Kier molecular flexibility index (Phi) is 5.76. The molecule has 4 aromatic rings. The van der Waals surface area contributed by atoms with Crippen LogP contribution in [0.4, 0.5) is 29.0 Å². The molecule has 0 bridgehead atoms. The maximum absolute atomic E-state index is 6.26. The van der Waals surface area contributed by atoms with Gasteiger partial charge in [0.25, 0.3) is 0 Å². The minimum Gasteiger partial charge on any atom is -0.369 e. The second-order valence-electron chi connectivity index (χ2n) is 8.28. The summed E-state index contributed by atoms with van der Waals surface area (Å²) >= 11 is 0. The lowest BCUT2D eigenvalue weighted by Gasteiger charge is -2.34. The Morgan fingerprint density at radius 2 is 1.73 bits per heavy atom. The van der Waals surface area contributed by atoms with Gasteiger partial charge in [-0.15, -0.1) is 0 Å². The largest absolute Gasteiger partial charge is 0.369 e. The lowest BCUT2D eigenvalue weighted by atomic mass is 10.2. The van der Waals surface area contributed by atoms with Gasteiger partial charge in [0.1, 0.15) is 5.52 Å². The Bertz CT molecular complexity index is 1210. The number of piperazine rings is 1. The van der Waals surface area contributed by atoms with Gasteiger partial charge in [0.05, 0.1) is 24.2 Å². The summed E-state index contributed by atoms with van der Waals surface area (Å²) in [5, 5.41) is 6.56. The molecule has 5 rings (SSSR count). The summed E-state index contributed by atoms with van der Waals surface area (Å²) in [6.45, 7) is 6.14. The molecule has 0 spiro atoms. The Labute approximate surface area is 192 Å². The minimum absolute atomic E-state index is 0.334. The molecule has 4 N–H and O–H groups in total. The van der Waals surface area contributed by atoms with Gasteiger partial charge in [0.15, 0.2) is 5.65 Å². The van der Waals surface area contributed by atoms with Crippen molar-refractivity contribution >= 4 is 40.1 Å². The van der Waals surface area contributed by atoms with Crippen molar-refractivity contribution < 1.29 is 0 Å². The quantitative estimate of drug-likeness (QED) is 0.413. The van der Waals surface area contributed by atoms with E-state index in [-0.39, 0.29) is 6.17 Å². The van der Waals surface area contributed by atoms with E-state index in [0.717, 1.165) is 37.6 Å². The van der Waals surface area contributed by atoms with Gasteiger partial charge in [-0.25, -0.2) is 9.97 Å². The summed E-state index contributed by atoms with van der Waals surface area (Å²) in [5.41, 5.74) is 10.5. The highest BCUT2D eigenvalue weighted by atomic mass is 15.3. The SMILES string of the molecule is CC(N)n1c(Nc2cccnc2)nc2cnc(Nc3ccc(N4CCN(C)CC4)cc3)nc21. The van der Waals surface area contributed by atoms with Crippen molar-refractivity contribution in [2.75, 3.05) is 48.8 Å². The first-order valence-electron chi connectivity index (χ1n) is 11.0. The highest BCUT2D eigenvalue weighted by Gasteiger charge is 2.17. The zero-order valence-corrected chi connectivity index (χ0v) is 18.8. The maximum Gasteiger partial charge on any atom is 0.229 e. The average molecular weight is 445 g/mol. The van der Waals surface area contributed by atoms with Crippen molar-refractivity contribution in [3.05, 3.63) is 55.0 Å². The third kappa shape index (κ3) is 4.57. The third-order valence-electron chi connectivity index (χ3n) is 5.75. The first kappa shape index (κ1) is 21.1. The predicted octanol–water partition coefficient (Wildman–Crippen LogP) is 2.94. The molecule has 3 aromatic heterocycles. The Balaban J connectivity index is 1.37. The van der Waals surface area contributed by atoms with Crippen molar-refractivity contribution in [2.24, 2.45) is 5.73 Å². The Morgan fingerprint density at radius 3 is 2.42 bits per heavy atom. The second kappa shape index (κ2) is 9.00. The molecule has 0 aliphatic carbocycles. The summed E-state index contributed by atoms with van der Waals surface area (Å²) in [6.07, 6.45) is 4.83. The summed E-state index contributed by atoms with van der Waals surface area (Å²) in [4.78, 5) is 22.7. The van der Waals surface area contributed by atoms with Crippen LogP contribution in [0.3, 0.4) is 0 Å². The van der Waals surface area contributed by atoms with E-state index in [1.165, 1.54) is 5.69 Å². The van der Waals surface area contributed by atoms with Crippen LogP contribution in [0.15, 0.2) is 55.0 Å². The van der Waals surface area contributed by atoms with Crippen LogP contribution >= 0.6 is 0 Å². The normalized spacial score (nSPS) is 15.5. The zero-order chi connectivity index (χ0) is 22.8. The van der Waals surface area contributed by atoms with Crippen molar-refractivity contribution in [3.8, 4) is 0 Å². The number of nitrogens with one attached hydrogen (secondary N) is 2. The molecule has 0 saturated carbocycles. The summed E-state index contributed by atoms with van der Waals surface area (Å²) in [7, 11) is 2.16. The van der Waals surface area contributed by atoms with Gasteiger partial charge in [-0.2, -0.15) is 4.98 Å². The molecule has 1 saturated heterocycles. The van der Waals surface area contributed by atoms with E-state index in [1.807, 2.05) is 23.6 Å². The van der Waals surface area contributed by atoms with E-state index >= 15 is 0 Å². The molecule has 4 heterocycles. The predicted molar refractivity (Wildman–Crippen MR) is 131 cm³/mol. The number of anilines is 5. The number of benzene rings is 1. The zero-order valence-electron chi connectivity index (χ0n) is 18.8. The Hall–Kier alpha value is -3.76. The van der Waals surface area contributed by atoms with Crippen molar-refractivity contribution in [1.29, 1.82) is 0 Å². The van der Waals surface area contributed by atoms with Crippen LogP contribution in [-0.2, 0) is 0 Å². The first-order chi connectivity index (χ1) is 16.1. The molecule has 1 aliphatic heterocycles. The number of nitrogens with two attached hydrogens (primary N) is 1. The lowest BCUT2D eigenvalue weighted by molar-refractivity contribution is 0.313. The molecular weight excluding hydrogens is 416 g/mol. The fourth-order valence-electron chi connectivity index (χ4n) is 3.94. The van der Waals surface area contributed by atoms with Crippen LogP contribution in [0.2, 0.25) is 0 Å². The van der Waals surface area contributed by atoms with E-state index in [1.54, 1.807) is 18.6 Å². The molecule has 1 aliphatic rings. The fourth-order valence-corrected chi connectivity index (χ4v) is 3.94. The van der Waals surface area contributed by atoms with Crippen molar-refractivity contribution in [2.45, 2.75) is 13.1 Å². The fraction of sp³-hybridized carbons (Fsp3) is 0.304. The van der Waals surface area contributed by atoms with Crippen molar-refractivity contribution in [1.82, 2.24) is 29.4 Å². The van der Waals surface area contributed by atoms with Crippen LogP contribution in [0.1, 0.15) is 13.1 Å². The molecule has 1 unspecified atom stereocenters. The van der Waals surface area contributed by atoms with Crippen LogP contribution in [0, 0.1) is 0 Å². The molecule has 0 radical (unpaired) electrons. The van der Waals surface area contributed by atoms with Gasteiger partial charge < -0.3 is 26.2 Å². The second-order valence-corrected chi connectivity index (χ2v) is 8.28. The number of aromatic nitrogens is 5. The summed E-state index contributed by atoms with van der Waals surface area (Å²) < 4.78 is 1.85. The monoisotopic (exact) mass is 444 g/mol. The van der Waals surface area contributed by atoms with Gasteiger partial charge in [-0.1, -0.05) is 0 Å². The van der Waals surface area contributed by atoms with E-state index in [4.69, 9.17) is 10.7 Å². The van der Waals surface area contributed by atoms with Crippen molar-refractivity contribution in [3.63, 3.8) is 0 Å². The van der Waals surface area contributed by atoms with E-state index in [9.17, 15) is 0 Å². The average Bonchev–Trinajstić information content (AvgIpc) is 3.18. The highest BCUT2D eigenvalue weighted by molar-refractivity contribution is 5.77. The highest BCUT2D eigenvalue weighted by Crippen LogP contribution is 2.26. The van der Waals surface area contributed by atoms with E-state index < -0.39 is 0 Å². The van der Waals surface area contributed by atoms with Gasteiger partial charge in [-0.05, 0) is 50.4 Å². The molecule has 170 valence electrons. The molecule has 1 fully saturated rings. The summed E-state index contributed by atoms with van der Waals surface area (Å²) in [6, 6.07) is 12.2. The molecule has 0 amide bonds. The number of hydrogen-bond donors (Lipinski definition) is 3. The maximum atomic E-state index is 6.26. The Morgan fingerprint density at radius 1 is 0.939 bits per heavy atom. The topological polar surface area (TPSA) is 113 Å². The van der Waals surface area contributed by atoms with Crippen LogP contribution in [0.25, 0.3) is 11.2 Å². The van der Waals surface area contributed by atoms with Gasteiger partial charge >= 0.3 is 0 Å². The molecule has 10 nitrogen and oxygen atoms in total. The number of hydrogen-bond acceptors (Lipinski definition) is 9. The lowest BCUT2D eigenvalue weighted by Crippen LogP contribution is -2.44. The third-order valence-corrected chi connectivity index (χ3v) is 5.75. The van der Waals surface area contributed by atoms with E-state index in [2.05, 4.69) is 66.7 Å². The van der Waals surface area contributed by atoms with E-state index in [0.29, 0.717) is 23.1 Å². The minimum atomic E-state index is -0.334. The number of fused-ring (bicyclic) bond motifs is 1. The standard InChI is InChI=1S/C23H28N10/c1-16(24)33-21-20(29-23(33)28-18-4-3-9-25-14-18)15-26-22(30-21)27-17-5-7-19(8-6-17)32-12-10-31(2)11-13-32/h3-9,14-16H,10-13,24H2,1-2H3,(H,28,29)(H,26,27,30). The first-order valence-corrected chi connectivity index (χ1v) is 11.0. The number of pyridine rings is 1. The smallest absolute Gasteiger partial charge is 0.229 e. The van der Waals surface area contributed by atoms with Gasteiger partial charge in [0.2, 0.25) is 11.9 Å². The molecule has 1 atom stereocenters. The number of imidazole rings is 1. The number of nitrogens with zero attached hydrogens (tertiary/aromatic N) is 7. The number of likely N-dealkylation sites (N-methyl/N-ethyl adjacent to an activating group) is 1. The van der Waals surface area contributed by atoms with Crippen LogP contribution < -0.4 is 21.3 Å². The molecule has 33 heavy (non-hydrogen) atoms. The molecule has 10 heteroatoms. The van der Waals surface area contributed by atoms with Gasteiger partial charge in [0, 0.05) is 43.8 Å². The molecular formula is C23H28N10. The number of rotatable bonds is 6. The molecule has 1 aromatic carbocycles. The van der Waals surface area contributed by atoms with Gasteiger partial charge in [-0.3, -0.25) is 9.55 Å². The summed E-state index contributed by atoms with van der Waals surface area (Å²) in [5.74, 6) is 1.08. The van der Waals surface area contributed by atoms with Crippen LogP contribution in [-0.4, -0.2) is 62.6 Å².